The lowest BCUT2D eigenvalue weighted by Crippen LogP contribution is -2.40. The van der Waals surface area contributed by atoms with Crippen LogP contribution in [-0.4, -0.2) is 45.1 Å². The molecular weight excluding hydrogens is 316 g/mol. The zero-order valence-electron chi connectivity index (χ0n) is 15.2. The first-order valence-electron chi connectivity index (χ1n) is 9.06. The van der Waals surface area contributed by atoms with Gasteiger partial charge in [-0.2, -0.15) is 0 Å². The van der Waals surface area contributed by atoms with Crippen LogP contribution in [-0.2, 0) is 18.3 Å². The molecule has 0 bridgehead atoms. The molecule has 1 N–H and O–H groups in total. The molecule has 2 aromatic heterocycles. The van der Waals surface area contributed by atoms with E-state index in [-0.39, 0.29) is 11.8 Å². The van der Waals surface area contributed by atoms with Gasteiger partial charge in [-0.05, 0) is 38.7 Å². The van der Waals surface area contributed by atoms with Crippen LogP contribution in [0.1, 0.15) is 51.9 Å². The SMILES string of the molecule is Cc1cc(C(=O)N2Cc3ncn(C)c3[C@@H](COCC3CC3)C2)c(C)[nH]1. The fourth-order valence-corrected chi connectivity index (χ4v) is 3.80. The second-order valence-electron chi connectivity index (χ2n) is 7.54. The van der Waals surface area contributed by atoms with Crippen molar-refractivity contribution in [1.82, 2.24) is 19.4 Å². The molecule has 2 aliphatic rings. The lowest BCUT2D eigenvalue weighted by atomic mass is 9.98. The third-order valence-electron chi connectivity index (χ3n) is 5.27. The first-order valence-corrected chi connectivity index (χ1v) is 9.06. The van der Waals surface area contributed by atoms with Crippen LogP contribution in [0.25, 0.3) is 0 Å². The summed E-state index contributed by atoms with van der Waals surface area (Å²) in [5.74, 6) is 1.00. The van der Waals surface area contributed by atoms with Gasteiger partial charge in [0, 0.05) is 43.2 Å². The summed E-state index contributed by atoms with van der Waals surface area (Å²) in [7, 11) is 2.02. The lowest BCUT2D eigenvalue weighted by molar-refractivity contribution is 0.0618. The number of fused-ring (bicyclic) bond motifs is 1. The first-order chi connectivity index (χ1) is 12.0. The molecule has 0 unspecified atom stereocenters. The first kappa shape index (κ1) is 16.4. The molecule has 0 saturated heterocycles. The number of amides is 1. The van der Waals surface area contributed by atoms with Gasteiger partial charge in [0.15, 0.2) is 0 Å². The van der Waals surface area contributed by atoms with Gasteiger partial charge < -0.3 is 19.2 Å². The summed E-state index contributed by atoms with van der Waals surface area (Å²) < 4.78 is 8.03. The Hall–Kier alpha value is -2.08. The lowest BCUT2D eigenvalue weighted by Gasteiger charge is -2.33. The Morgan fingerprint density at radius 1 is 1.36 bits per heavy atom. The number of aryl methyl sites for hydroxylation is 3. The van der Waals surface area contributed by atoms with Crippen molar-refractivity contribution >= 4 is 5.91 Å². The van der Waals surface area contributed by atoms with Gasteiger partial charge in [0.1, 0.15) is 0 Å². The molecule has 1 saturated carbocycles. The fraction of sp³-hybridized carbons (Fsp3) is 0.579. The molecule has 0 radical (unpaired) electrons. The number of aromatic nitrogens is 3. The maximum absolute atomic E-state index is 13.0. The second kappa shape index (κ2) is 6.33. The fourth-order valence-electron chi connectivity index (χ4n) is 3.80. The van der Waals surface area contributed by atoms with E-state index in [0.29, 0.717) is 19.7 Å². The van der Waals surface area contributed by atoms with E-state index in [0.717, 1.165) is 35.2 Å². The van der Waals surface area contributed by atoms with Crippen molar-refractivity contribution in [2.24, 2.45) is 13.0 Å². The minimum atomic E-state index is 0.0744. The van der Waals surface area contributed by atoms with Crippen LogP contribution in [0.5, 0.6) is 0 Å². The normalized spacial score (nSPS) is 20.0. The van der Waals surface area contributed by atoms with E-state index in [9.17, 15) is 4.79 Å². The maximum atomic E-state index is 13.0. The van der Waals surface area contributed by atoms with Crippen LogP contribution in [0.2, 0.25) is 0 Å². The summed E-state index contributed by atoms with van der Waals surface area (Å²) in [6, 6.07) is 1.93. The van der Waals surface area contributed by atoms with Gasteiger partial charge in [-0.3, -0.25) is 4.79 Å². The molecule has 1 fully saturated rings. The molecule has 1 aliphatic heterocycles. The highest BCUT2D eigenvalue weighted by Gasteiger charge is 2.33. The average Bonchev–Trinajstić information content (AvgIpc) is 3.24. The van der Waals surface area contributed by atoms with Crippen molar-refractivity contribution < 1.29 is 9.53 Å². The summed E-state index contributed by atoms with van der Waals surface area (Å²) >= 11 is 0. The predicted molar refractivity (Wildman–Crippen MR) is 94.5 cm³/mol. The molecule has 1 aliphatic carbocycles. The molecule has 134 valence electrons. The number of aromatic amines is 1. The molecule has 2 aromatic rings. The van der Waals surface area contributed by atoms with E-state index in [1.807, 2.05) is 38.2 Å². The van der Waals surface area contributed by atoms with Crippen LogP contribution < -0.4 is 0 Å². The van der Waals surface area contributed by atoms with E-state index < -0.39 is 0 Å². The average molecular weight is 342 g/mol. The summed E-state index contributed by atoms with van der Waals surface area (Å²) in [4.78, 5) is 22.7. The number of nitrogens with zero attached hydrogens (tertiary/aromatic N) is 3. The Balaban J connectivity index is 1.54. The highest BCUT2D eigenvalue weighted by Crippen LogP contribution is 2.32. The predicted octanol–water partition coefficient (Wildman–Crippen LogP) is 2.53. The Morgan fingerprint density at radius 3 is 2.84 bits per heavy atom. The van der Waals surface area contributed by atoms with Gasteiger partial charge in [0.25, 0.3) is 5.91 Å². The monoisotopic (exact) mass is 342 g/mol. The number of carbonyl (C=O) groups is 1. The van der Waals surface area contributed by atoms with Gasteiger partial charge in [0.05, 0.1) is 30.7 Å². The van der Waals surface area contributed by atoms with Crippen molar-refractivity contribution in [1.29, 1.82) is 0 Å². The van der Waals surface area contributed by atoms with Crippen molar-refractivity contribution in [3.63, 3.8) is 0 Å². The second-order valence-corrected chi connectivity index (χ2v) is 7.54. The van der Waals surface area contributed by atoms with Crippen molar-refractivity contribution in [2.75, 3.05) is 19.8 Å². The summed E-state index contributed by atoms with van der Waals surface area (Å²) in [6.07, 6.45) is 4.43. The van der Waals surface area contributed by atoms with E-state index in [4.69, 9.17) is 4.74 Å². The van der Waals surface area contributed by atoms with Crippen LogP contribution in [0, 0.1) is 19.8 Å². The Morgan fingerprint density at radius 2 is 2.16 bits per heavy atom. The zero-order valence-corrected chi connectivity index (χ0v) is 15.2. The molecular formula is C19H26N4O2. The zero-order chi connectivity index (χ0) is 17.6. The number of nitrogens with one attached hydrogen (secondary N) is 1. The molecule has 4 rings (SSSR count). The smallest absolute Gasteiger partial charge is 0.256 e. The molecule has 1 atom stereocenters. The minimum Gasteiger partial charge on any atom is -0.380 e. The highest BCUT2D eigenvalue weighted by atomic mass is 16.5. The van der Waals surface area contributed by atoms with Crippen LogP contribution in [0.3, 0.4) is 0 Å². The van der Waals surface area contributed by atoms with Gasteiger partial charge in [-0.1, -0.05) is 0 Å². The summed E-state index contributed by atoms with van der Waals surface area (Å²) in [5.41, 5.74) is 4.90. The Bertz CT molecular complexity index is 787. The maximum Gasteiger partial charge on any atom is 0.256 e. The summed E-state index contributed by atoms with van der Waals surface area (Å²) in [6.45, 7) is 6.67. The van der Waals surface area contributed by atoms with Gasteiger partial charge in [-0.15, -0.1) is 0 Å². The molecule has 6 heteroatoms. The highest BCUT2D eigenvalue weighted by molar-refractivity contribution is 5.95. The number of hydrogen-bond acceptors (Lipinski definition) is 3. The van der Waals surface area contributed by atoms with E-state index in [1.165, 1.54) is 18.5 Å². The molecule has 0 spiro atoms. The number of carbonyl (C=O) groups excluding carboxylic acids is 1. The Labute approximate surface area is 148 Å². The van der Waals surface area contributed by atoms with E-state index >= 15 is 0 Å². The summed E-state index contributed by atoms with van der Waals surface area (Å²) in [5, 5.41) is 0. The third-order valence-corrected chi connectivity index (χ3v) is 5.27. The van der Waals surface area contributed by atoms with Crippen LogP contribution in [0.15, 0.2) is 12.4 Å². The standard InChI is InChI=1S/C19H26N4O2/c1-12-6-16(13(2)21-12)19(24)23-7-15(10-25-9-14-4-5-14)18-17(8-23)20-11-22(18)3/h6,11,14-15,21H,4-5,7-10H2,1-3H3/t15-/m1/s1. The van der Waals surface area contributed by atoms with Crippen LogP contribution >= 0.6 is 0 Å². The van der Waals surface area contributed by atoms with E-state index in [2.05, 4.69) is 14.5 Å². The van der Waals surface area contributed by atoms with Gasteiger partial charge in [0.2, 0.25) is 0 Å². The quantitative estimate of drug-likeness (QED) is 0.908. The molecule has 0 aromatic carbocycles. The topological polar surface area (TPSA) is 63.1 Å². The van der Waals surface area contributed by atoms with Gasteiger partial charge >= 0.3 is 0 Å². The van der Waals surface area contributed by atoms with Crippen LogP contribution in [0.4, 0.5) is 0 Å². The van der Waals surface area contributed by atoms with Crippen molar-refractivity contribution in [3.8, 4) is 0 Å². The minimum absolute atomic E-state index is 0.0744. The van der Waals surface area contributed by atoms with E-state index in [1.54, 1.807) is 0 Å². The number of rotatable bonds is 5. The Kier molecular flexibility index (Phi) is 4.15. The number of imidazole rings is 1. The van der Waals surface area contributed by atoms with Crippen molar-refractivity contribution in [2.45, 2.75) is 39.2 Å². The number of H-pyrrole nitrogens is 1. The number of ether oxygens (including phenoxy) is 1. The number of hydrogen-bond donors (Lipinski definition) is 1. The molecule has 25 heavy (non-hydrogen) atoms. The third kappa shape index (κ3) is 3.23. The molecule has 3 heterocycles. The van der Waals surface area contributed by atoms with Gasteiger partial charge in [-0.25, -0.2) is 4.98 Å². The molecule has 1 amide bonds. The van der Waals surface area contributed by atoms with Crippen molar-refractivity contribution in [3.05, 3.63) is 40.7 Å². The largest absolute Gasteiger partial charge is 0.380 e. The molecule has 6 nitrogen and oxygen atoms in total.